The number of anilines is 2. The van der Waals surface area contributed by atoms with Crippen molar-refractivity contribution in [2.75, 3.05) is 23.9 Å². The van der Waals surface area contributed by atoms with Crippen LogP contribution in [0.15, 0.2) is 23.7 Å². The van der Waals surface area contributed by atoms with Gasteiger partial charge < -0.3 is 20.1 Å². The van der Waals surface area contributed by atoms with E-state index in [2.05, 4.69) is 15.3 Å². The number of halogens is 1. The number of thiophene rings is 1. The lowest BCUT2D eigenvalue weighted by atomic mass is 10.0. The number of alkyl halides is 1. The lowest BCUT2D eigenvalue weighted by molar-refractivity contribution is 0.0000638. The number of nitrogens with one attached hydrogen (secondary N) is 1. The Kier molecular flexibility index (Phi) is 6.59. The van der Waals surface area contributed by atoms with Crippen LogP contribution in [0.5, 0.6) is 5.19 Å². The molecule has 30 heavy (non-hydrogen) atoms. The minimum Gasteiger partial charge on any atom is -0.473 e. The van der Waals surface area contributed by atoms with E-state index in [4.69, 9.17) is 4.74 Å². The summed E-state index contributed by atoms with van der Waals surface area (Å²) in [4.78, 5) is 24.2. The Bertz CT molecular complexity index is 1030. The van der Waals surface area contributed by atoms with Gasteiger partial charge in [-0.25, -0.2) is 9.37 Å². The number of rotatable bonds is 8. The molecule has 0 radical (unpaired) electrons. The number of pyridine rings is 1. The lowest BCUT2D eigenvalue weighted by Crippen LogP contribution is -2.45. The average Bonchev–Trinajstić information content (AvgIpc) is 3.30. The number of nitrogens with zero attached hydrogens (tertiary/aromatic N) is 3. The summed E-state index contributed by atoms with van der Waals surface area (Å²) in [5.41, 5.74) is -1.09. The molecule has 0 aliphatic carbocycles. The molecule has 1 amide bonds. The van der Waals surface area contributed by atoms with Gasteiger partial charge in [0, 0.05) is 17.6 Å². The zero-order valence-corrected chi connectivity index (χ0v) is 19.1. The summed E-state index contributed by atoms with van der Waals surface area (Å²) in [5, 5.41) is 16.5. The Balaban J connectivity index is 1.90. The third kappa shape index (κ3) is 4.88. The van der Waals surface area contributed by atoms with Gasteiger partial charge in [0.1, 0.15) is 16.0 Å². The number of aromatic nitrogens is 2. The van der Waals surface area contributed by atoms with E-state index in [1.807, 2.05) is 25.3 Å². The quantitative estimate of drug-likeness (QED) is 0.529. The van der Waals surface area contributed by atoms with Crippen molar-refractivity contribution in [3.63, 3.8) is 0 Å². The van der Waals surface area contributed by atoms with Crippen molar-refractivity contribution in [3.05, 3.63) is 29.3 Å². The largest absolute Gasteiger partial charge is 0.473 e. The van der Waals surface area contributed by atoms with Crippen LogP contribution in [0.4, 0.5) is 15.2 Å². The number of thiazole rings is 1. The number of carbonyl (C=O) groups excluding carboxylic acids is 1. The van der Waals surface area contributed by atoms with Gasteiger partial charge in [0.2, 0.25) is 0 Å². The van der Waals surface area contributed by atoms with Crippen LogP contribution in [-0.2, 0) is 0 Å². The van der Waals surface area contributed by atoms with E-state index in [-0.39, 0.29) is 18.5 Å². The first-order valence-corrected chi connectivity index (χ1v) is 11.1. The molecule has 0 fully saturated rings. The topological polar surface area (TPSA) is 87.6 Å². The molecule has 7 nitrogen and oxygen atoms in total. The van der Waals surface area contributed by atoms with Gasteiger partial charge in [-0.1, -0.05) is 11.3 Å². The molecule has 1 atom stereocenters. The number of hydrogen-bond acceptors (Lipinski definition) is 8. The SMILES string of the molecule is COc1nc(N(C[C@@H](F)C(C)(C)O)C(C)C)c(NC(=O)c2cnc3sccc3c2)s1. The Morgan fingerprint density at radius 2 is 2.17 bits per heavy atom. The normalized spacial score (nSPS) is 12.9. The number of ether oxygens (including phenoxy) is 1. The van der Waals surface area contributed by atoms with E-state index in [0.717, 1.165) is 21.6 Å². The molecule has 0 bridgehead atoms. The van der Waals surface area contributed by atoms with Crippen molar-refractivity contribution in [1.82, 2.24) is 9.97 Å². The molecule has 3 aromatic heterocycles. The van der Waals surface area contributed by atoms with Crippen molar-refractivity contribution in [2.45, 2.75) is 45.5 Å². The number of amides is 1. The second kappa shape index (κ2) is 8.83. The number of hydrogen-bond donors (Lipinski definition) is 2. The van der Waals surface area contributed by atoms with Gasteiger partial charge in [-0.05, 0) is 45.2 Å². The van der Waals surface area contributed by atoms with Gasteiger partial charge in [-0.15, -0.1) is 11.3 Å². The second-order valence-corrected chi connectivity index (χ2v) is 9.55. The zero-order chi connectivity index (χ0) is 22.1. The predicted molar refractivity (Wildman–Crippen MR) is 120 cm³/mol. The minimum absolute atomic E-state index is 0.0840. The van der Waals surface area contributed by atoms with Gasteiger partial charge in [0.25, 0.3) is 11.1 Å². The summed E-state index contributed by atoms with van der Waals surface area (Å²) in [6.45, 7) is 6.55. The van der Waals surface area contributed by atoms with Gasteiger partial charge in [0.15, 0.2) is 5.82 Å². The molecular weight excluding hydrogens is 427 g/mol. The maximum Gasteiger partial charge on any atom is 0.276 e. The summed E-state index contributed by atoms with van der Waals surface area (Å²) in [6, 6.07) is 3.55. The Morgan fingerprint density at radius 3 is 2.80 bits per heavy atom. The summed E-state index contributed by atoms with van der Waals surface area (Å²) in [5.74, 6) is 0.0582. The molecule has 0 unspecified atom stereocenters. The Hall–Kier alpha value is -2.30. The molecule has 162 valence electrons. The van der Waals surface area contributed by atoms with Crippen LogP contribution < -0.4 is 15.0 Å². The maximum atomic E-state index is 14.6. The number of fused-ring (bicyclic) bond motifs is 1. The van der Waals surface area contributed by atoms with E-state index >= 15 is 0 Å². The smallest absolute Gasteiger partial charge is 0.276 e. The minimum atomic E-state index is -1.51. The van der Waals surface area contributed by atoms with E-state index < -0.39 is 11.8 Å². The first-order valence-electron chi connectivity index (χ1n) is 9.42. The molecule has 3 aromatic rings. The molecule has 0 aliphatic heterocycles. The first-order chi connectivity index (χ1) is 14.1. The number of carbonyl (C=O) groups is 1. The van der Waals surface area contributed by atoms with Crippen LogP contribution in [0, 0.1) is 0 Å². The molecule has 0 saturated carbocycles. The second-order valence-electron chi connectivity index (χ2n) is 7.70. The van der Waals surface area contributed by atoms with Crippen molar-refractivity contribution in [3.8, 4) is 5.19 Å². The highest BCUT2D eigenvalue weighted by molar-refractivity contribution is 7.18. The molecule has 0 saturated heterocycles. The molecule has 0 aromatic carbocycles. The van der Waals surface area contributed by atoms with E-state index in [1.54, 1.807) is 11.0 Å². The van der Waals surface area contributed by atoms with Crippen LogP contribution in [0.1, 0.15) is 38.1 Å². The highest BCUT2D eigenvalue weighted by Gasteiger charge is 2.32. The Morgan fingerprint density at radius 1 is 1.43 bits per heavy atom. The lowest BCUT2D eigenvalue weighted by Gasteiger charge is -2.32. The van der Waals surface area contributed by atoms with E-state index in [1.165, 1.54) is 38.5 Å². The van der Waals surface area contributed by atoms with E-state index in [9.17, 15) is 14.3 Å². The number of aliphatic hydroxyl groups is 1. The standard InChI is InChI=1S/C20H25FN4O3S2/c1-11(2)25(10-14(21)20(3,4)27)15-18(30-19(23-15)28-5)24-16(26)13-8-12-6-7-29-17(12)22-9-13/h6-9,11,14,27H,10H2,1-5H3,(H,24,26)/t14-/m1/s1. The fourth-order valence-corrected chi connectivity index (χ4v) is 4.26. The van der Waals surface area contributed by atoms with Crippen molar-refractivity contribution >= 4 is 49.6 Å². The summed E-state index contributed by atoms with van der Waals surface area (Å²) in [6.07, 6.45) is 0.0133. The van der Waals surface area contributed by atoms with Crippen LogP contribution in [0.2, 0.25) is 0 Å². The zero-order valence-electron chi connectivity index (χ0n) is 17.5. The molecule has 0 aliphatic rings. The van der Waals surface area contributed by atoms with Crippen molar-refractivity contribution in [1.29, 1.82) is 0 Å². The van der Waals surface area contributed by atoms with Crippen LogP contribution in [0.3, 0.4) is 0 Å². The molecule has 10 heteroatoms. The summed E-state index contributed by atoms with van der Waals surface area (Å²) < 4.78 is 19.9. The van der Waals surface area contributed by atoms with Crippen LogP contribution in [-0.4, -0.2) is 52.5 Å². The Labute approximate surface area is 182 Å². The highest BCUT2D eigenvalue weighted by Crippen LogP contribution is 2.38. The van der Waals surface area contributed by atoms with Gasteiger partial charge in [-0.3, -0.25) is 4.79 Å². The molecule has 3 rings (SSSR count). The highest BCUT2D eigenvalue weighted by atomic mass is 32.1. The maximum absolute atomic E-state index is 14.6. The van der Waals surface area contributed by atoms with E-state index in [0.29, 0.717) is 21.6 Å². The molecular formula is C20H25FN4O3S2. The van der Waals surface area contributed by atoms with Crippen molar-refractivity contribution < 1.29 is 19.0 Å². The van der Waals surface area contributed by atoms with Crippen molar-refractivity contribution in [2.24, 2.45) is 0 Å². The third-order valence-electron chi connectivity index (χ3n) is 4.58. The molecule has 2 N–H and O–H groups in total. The summed E-state index contributed by atoms with van der Waals surface area (Å²) in [7, 11) is 1.48. The molecule has 3 heterocycles. The fraction of sp³-hybridized carbons (Fsp3) is 0.450. The fourth-order valence-electron chi connectivity index (χ4n) is 2.75. The first kappa shape index (κ1) is 22.4. The van der Waals surface area contributed by atoms with Gasteiger partial charge in [-0.2, -0.15) is 4.98 Å². The number of methoxy groups -OCH3 is 1. The van der Waals surface area contributed by atoms with Gasteiger partial charge in [0.05, 0.1) is 24.8 Å². The van der Waals surface area contributed by atoms with Crippen LogP contribution >= 0.6 is 22.7 Å². The van der Waals surface area contributed by atoms with Crippen LogP contribution in [0.25, 0.3) is 10.2 Å². The average molecular weight is 453 g/mol. The monoisotopic (exact) mass is 452 g/mol. The third-order valence-corrected chi connectivity index (χ3v) is 6.34. The predicted octanol–water partition coefficient (Wildman–Crippen LogP) is 4.34. The van der Waals surface area contributed by atoms with Gasteiger partial charge >= 0.3 is 0 Å². The summed E-state index contributed by atoms with van der Waals surface area (Å²) >= 11 is 2.66. The molecule has 0 spiro atoms.